The van der Waals surface area contributed by atoms with Gasteiger partial charge in [-0.2, -0.15) is 0 Å². The molecule has 2 aliphatic rings. The number of sulfonamides is 1. The van der Waals surface area contributed by atoms with Gasteiger partial charge in [-0.15, -0.1) is 11.6 Å². The third kappa shape index (κ3) is 2.23. The number of rotatable bonds is 4. The first-order chi connectivity index (χ1) is 6.61. The van der Waals surface area contributed by atoms with Crippen molar-refractivity contribution in [1.29, 1.82) is 0 Å². The predicted octanol–water partition coefficient (Wildman–Crippen LogP) is 1.54. The highest BCUT2D eigenvalue weighted by Crippen LogP contribution is 2.47. The average molecular weight is 238 g/mol. The fourth-order valence-electron chi connectivity index (χ4n) is 2.90. The molecule has 1 N–H and O–H groups in total. The third-order valence-corrected chi connectivity index (χ3v) is 5.35. The van der Waals surface area contributed by atoms with Gasteiger partial charge in [0.2, 0.25) is 10.0 Å². The lowest BCUT2D eigenvalue weighted by Gasteiger charge is -2.21. The predicted molar refractivity (Wildman–Crippen MR) is 56.6 cm³/mol. The Labute approximate surface area is 90.3 Å². The average Bonchev–Trinajstić information content (AvgIpc) is 2.76. The van der Waals surface area contributed by atoms with E-state index >= 15 is 0 Å². The number of alkyl halides is 1. The molecule has 3 nitrogen and oxygen atoms in total. The van der Waals surface area contributed by atoms with E-state index in [2.05, 4.69) is 4.72 Å². The first-order valence-electron chi connectivity index (χ1n) is 5.14. The van der Waals surface area contributed by atoms with Gasteiger partial charge >= 0.3 is 0 Å². The van der Waals surface area contributed by atoms with Crippen molar-refractivity contribution in [1.82, 2.24) is 4.72 Å². The van der Waals surface area contributed by atoms with E-state index in [1.54, 1.807) is 0 Å². The van der Waals surface area contributed by atoms with Gasteiger partial charge in [0.25, 0.3) is 0 Å². The Morgan fingerprint density at radius 3 is 2.57 bits per heavy atom. The summed E-state index contributed by atoms with van der Waals surface area (Å²) in [6.45, 7) is 0.593. The lowest BCUT2D eigenvalue weighted by atomic mass is 9.89. The van der Waals surface area contributed by atoms with Crippen molar-refractivity contribution < 1.29 is 8.42 Å². The Kier molecular flexibility index (Phi) is 3.05. The number of hydrogen-bond donors (Lipinski definition) is 1. The first kappa shape index (κ1) is 10.7. The highest BCUT2D eigenvalue weighted by Gasteiger charge is 2.39. The molecule has 2 fully saturated rings. The van der Waals surface area contributed by atoms with Crippen molar-refractivity contribution in [3.05, 3.63) is 0 Å². The molecule has 0 aromatic heterocycles. The second kappa shape index (κ2) is 3.99. The van der Waals surface area contributed by atoms with Crippen LogP contribution in [0.3, 0.4) is 0 Å². The summed E-state index contributed by atoms with van der Waals surface area (Å²) >= 11 is 5.31. The monoisotopic (exact) mass is 237 g/mol. The molecule has 2 saturated carbocycles. The van der Waals surface area contributed by atoms with Crippen LogP contribution in [-0.4, -0.2) is 20.2 Å². The minimum Gasteiger partial charge on any atom is -0.214 e. The fraction of sp³-hybridized carbons (Fsp3) is 1.00. The molecule has 0 aromatic carbocycles. The Morgan fingerprint density at radius 1 is 1.29 bits per heavy atom. The number of hydrogen-bond acceptors (Lipinski definition) is 2. The van der Waals surface area contributed by atoms with Gasteiger partial charge in [-0.3, -0.25) is 0 Å². The van der Waals surface area contributed by atoms with Crippen LogP contribution in [0, 0.1) is 17.8 Å². The molecule has 5 heteroatoms. The zero-order chi connectivity index (χ0) is 10.2. The van der Waals surface area contributed by atoms with Crippen LogP contribution in [0.5, 0.6) is 0 Å². The maximum atomic E-state index is 11.1. The molecule has 0 heterocycles. The number of nitrogens with one attached hydrogen (secondary N) is 1. The standard InChI is InChI=1S/C9H16ClNO2S/c10-6-14(12,13)11-5-9-4-7-1-2-8(9)3-7/h7-9,11H,1-6H2. The van der Waals surface area contributed by atoms with E-state index in [1.807, 2.05) is 0 Å². The molecule has 2 aliphatic carbocycles. The maximum Gasteiger partial charge on any atom is 0.225 e. The van der Waals surface area contributed by atoms with E-state index < -0.39 is 10.0 Å². The minimum atomic E-state index is -3.21. The van der Waals surface area contributed by atoms with Crippen LogP contribution in [0.2, 0.25) is 0 Å². The summed E-state index contributed by atoms with van der Waals surface area (Å²) in [6, 6.07) is 0. The lowest BCUT2D eigenvalue weighted by Crippen LogP contribution is -2.32. The zero-order valence-electron chi connectivity index (χ0n) is 8.08. The van der Waals surface area contributed by atoms with Gasteiger partial charge in [-0.25, -0.2) is 13.1 Å². The lowest BCUT2D eigenvalue weighted by molar-refractivity contribution is 0.333. The van der Waals surface area contributed by atoms with Crippen LogP contribution in [0.1, 0.15) is 25.7 Å². The molecular formula is C9H16ClNO2S. The van der Waals surface area contributed by atoms with E-state index in [0.29, 0.717) is 12.5 Å². The summed E-state index contributed by atoms with van der Waals surface area (Å²) < 4.78 is 24.8. The topological polar surface area (TPSA) is 46.2 Å². The molecule has 0 aliphatic heterocycles. The van der Waals surface area contributed by atoms with E-state index in [-0.39, 0.29) is 5.21 Å². The van der Waals surface area contributed by atoms with Gasteiger partial charge in [0.1, 0.15) is 5.21 Å². The van der Waals surface area contributed by atoms with Gasteiger partial charge in [0, 0.05) is 6.54 Å². The molecule has 3 unspecified atom stereocenters. The zero-order valence-corrected chi connectivity index (χ0v) is 9.65. The Hall–Kier alpha value is 0.200. The maximum absolute atomic E-state index is 11.1. The van der Waals surface area contributed by atoms with E-state index in [9.17, 15) is 8.42 Å². The molecule has 82 valence electrons. The summed E-state index contributed by atoms with van der Waals surface area (Å²) in [6.07, 6.45) is 5.16. The largest absolute Gasteiger partial charge is 0.225 e. The highest BCUT2D eigenvalue weighted by molar-refractivity contribution is 7.90. The summed E-state index contributed by atoms with van der Waals surface area (Å²) in [5.41, 5.74) is 0. The van der Waals surface area contributed by atoms with Gasteiger partial charge in [0.05, 0.1) is 0 Å². The van der Waals surface area contributed by atoms with E-state index in [0.717, 1.165) is 11.8 Å². The summed E-state index contributed by atoms with van der Waals surface area (Å²) in [5, 5.41) is -0.326. The molecule has 0 aromatic rings. The van der Waals surface area contributed by atoms with Crippen LogP contribution in [0.25, 0.3) is 0 Å². The summed E-state index contributed by atoms with van der Waals surface area (Å²) in [7, 11) is -3.21. The minimum absolute atomic E-state index is 0.326. The second-order valence-electron chi connectivity index (χ2n) is 4.51. The molecule has 3 atom stereocenters. The van der Waals surface area contributed by atoms with Crippen molar-refractivity contribution in [3.8, 4) is 0 Å². The molecular weight excluding hydrogens is 222 g/mol. The van der Waals surface area contributed by atoms with Gasteiger partial charge in [-0.05, 0) is 37.0 Å². The smallest absolute Gasteiger partial charge is 0.214 e. The van der Waals surface area contributed by atoms with Crippen LogP contribution in [0.15, 0.2) is 0 Å². The number of halogens is 1. The molecule has 2 rings (SSSR count). The van der Waals surface area contributed by atoms with Crippen molar-refractivity contribution in [3.63, 3.8) is 0 Å². The van der Waals surface area contributed by atoms with Gasteiger partial charge in [-0.1, -0.05) is 6.42 Å². The molecule has 0 spiro atoms. The van der Waals surface area contributed by atoms with Crippen molar-refractivity contribution in [2.75, 3.05) is 11.8 Å². The fourth-order valence-corrected chi connectivity index (χ4v) is 3.68. The summed E-state index contributed by atoms with van der Waals surface area (Å²) in [4.78, 5) is 0. The van der Waals surface area contributed by atoms with Crippen LogP contribution >= 0.6 is 11.6 Å². The van der Waals surface area contributed by atoms with E-state index in [4.69, 9.17) is 11.6 Å². The van der Waals surface area contributed by atoms with E-state index in [1.165, 1.54) is 25.7 Å². The number of fused-ring (bicyclic) bond motifs is 2. The first-order valence-corrected chi connectivity index (χ1v) is 7.32. The van der Waals surface area contributed by atoms with Crippen LogP contribution in [-0.2, 0) is 10.0 Å². The Bertz CT molecular complexity index is 304. The van der Waals surface area contributed by atoms with Crippen molar-refractivity contribution in [2.45, 2.75) is 25.7 Å². The molecule has 0 radical (unpaired) electrons. The Morgan fingerprint density at radius 2 is 2.07 bits per heavy atom. The molecule has 14 heavy (non-hydrogen) atoms. The molecule has 2 bridgehead atoms. The third-order valence-electron chi connectivity index (χ3n) is 3.59. The quantitative estimate of drug-likeness (QED) is 0.754. The van der Waals surface area contributed by atoms with Gasteiger partial charge < -0.3 is 0 Å². The van der Waals surface area contributed by atoms with Crippen molar-refractivity contribution >= 4 is 21.6 Å². The second-order valence-corrected chi connectivity index (χ2v) is 6.90. The Balaban J connectivity index is 1.82. The van der Waals surface area contributed by atoms with Crippen LogP contribution in [0.4, 0.5) is 0 Å². The summed E-state index contributed by atoms with van der Waals surface area (Å²) in [5.74, 6) is 2.19. The molecule has 0 amide bonds. The SMILES string of the molecule is O=S(=O)(CCl)NCC1CC2CCC1C2. The highest BCUT2D eigenvalue weighted by atomic mass is 35.5. The normalized spacial score (nSPS) is 36.5. The molecule has 0 saturated heterocycles. The van der Waals surface area contributed by atoms with Crippen LogP contribution < -0.4 is 4.72 Å². The van der Waals surface area contributed by atoms with Crippen molar-refractivity contribution in [2.24, 2.45) is 17.8 Å². The van der Waals surface area contributed by atoms with Gasteiger partial charge in [0.15, 0.2) is 0 Å².